The van der Waals surface area contributed by atoms with Gasteiger partial charge in [-0.3, -0.25) is 9.59 Å². The molecule has 0 aliphatic carbocycles. The van der Waals surface area contributed by atoms with E-state index < -0.39 is 0 Å². The molecule has 0 saturated heterocycles. The minimum atomic E-state index is -0.241. The van der Waals surface area contributed by atoms with E-state index in [-0.39, 0.29) is 22.8 Å². The van der Waals surface area contributed by atoms with Crippen LogP contribution in [0, 0.1) is 0 Å². The first-order chi connectivity index (χ1) is 14.5. The number of carbonyl (C=O) groups is 2. The second-order valence-corrected chi connectivity index (χ2v) is 7.64. The summed E-state index contributed by atoms with van der Waals surface area (Å²) >= 11 is 7.10. The lowest BCUT2D eigenvalue weighted by atomic mass is 10.1. The fourth-order valence-electron chi connectivity index (χ4n) is 2.75. The van der Waals surface area contributed by atoms with Crippen LogP contribution in [0.4, 0.5) is 5.69 Å². The number of nitrogens with zero attached hydrogens (tertiary/aromatic N) is 3. The number of halogens is 1. The standard InChI is InChI=1S/C21H21ClN4O3S/c1-3-26(4-2)20(28)15-8-6-10-17(12-15)23-18(27)13-30-21-25-24-19(29-21)14-7-5-9-16(22)11-14/h5-12H,3-4,13H2,1-2H3,(H,23,27). The summed E-state index contributed by atoms with van der Waals surface area (Å²) in [5.74, 6) is 0.119. The van der Waals surface area contributed by atoms with E-state index in [0.29, 0.717) is 40.8 Å². The van der Waals surface area contributed by atoms with Crippen molar-refractivity contribution in [2.45, 2.75) is 19.1 Å². The van der Waals surface area contributed by atoms with E-state index in [9.17, 15) is 9.59 Å². The number of hydrogen-bond donors (Lipinski definition) is 1. The number of benzene rings is 2. The number of aromatic nitrogens is 2. The van der Waals surface area contributed by atoms with Crippen LogP contribution in [0.15, 0.2) is 58.2 Å². The smallest absolute Gasteiger partial charge is 0.277 e. The van der Waals surface area contributed by atoms with Gasteiger partial charge in [-0.1, -0.05) is 35.5 Å². The highest BCUT2D eigenvalue weighted by Gasteiger charge is 2.14. The van der Waals surface area contributed by atoms with Crippen molar-refractivity contribution in [1.29, 1.82) is 0 Å². The maximum Gasteiger partial charge on any atom is 0.277 e. The lowest BCUT2D eigenvalue weighted by molar-refractivity contribution is -0.113. The van der Waals surface area contributed by atoms with Gasteiger partial charge < -0.3 is 14.6 Å². The third-order valence-corrected chi connectivity index (χ3v) is 5.30. The number of hydrogen-bond acceptors (Lipinski definition) is 6. The zero-order valence-corrected chi connectivity index (χ0v) is 18.2. The number of nitrogens with one attached hydrogen (secondary N) is 1. The van der Waals surface area contributed by atoms with Crippen LogP contribution in [0.25, 0.3) is 11.5 Å². The highest BCUT2D eigenvalue weighted by Crippen LogP contribution is 2.25. The predicted molar refractivity (Wildman–Crippen MR) is 118 cm³/mol. The molecule has 0 aliphatic heterocycles. The number of carbonyl (C=O) groups excluding carboxylic acids is 2. The Bertz CT molecular complexity index is 1040. The predicted octanol–water partition coefficient (Wildman–Crippen LogP) is 4.60. The SMILES string of the molecule is CCN(CC)C(=O)c1cccc(NC(=O)CSc2nnc(-c3cccc(Cl)c3)o2)c1. The molecule has 0 unspecified atom stereocenters. The molecule has 9 heteroatoms. The summed E-state index contributed by atoms with van der Waals surface area (Å²) in [5, 5.41) is 11.6. The molecule has 30 heavy (non-hydrogen) atoms. The molecule has 0 bridgehead atoms. The Kier molecular flexibility index (Phi) is 7.48. The lowest BCUT2D eigenvalue weighted by Gasteiger charge is -2.19. The van der Waals surface area contributed by atoms with Crippen LogP contribution >= 0.6 is 23.4 Å². The molecule has 0 spiro atoms. The normalized spacial score (nSPS) is 10.6. The molecule has 0 radical (unpaired) electrons. The summed E-state index contributed by atoms with van der Waals surface area (Å²) < 4.78 is 5.58. The van der Waals surface area contributed by atoms with Crippen molar-refractivity contribution < 1.29 is 14.0 Å². The Morgan fingerprint density at radius 3 is 2.60 bits per heavy atom. The van der Waals surface area contributed by atoms with E-state index in [1.807, 2.05) is 19.9 Å². The second-order valence-electron chi connectivity index (χ2n) is 6.28. The van der Waals surface area contributed by atoms with Gasteiger partial charge in [0.25, 0.3) is 11.1 Å². The van der Waals surface area contributed by atoms with Gasteiger partial charge in [-0.05, 0) is 50.2 Å². The summed E-state index contributed by atoms with van der Waals surface area (Å²) in [6.45, 7) is 5.12. The zero-order chi connectivity index (χ0) is 21.5. The molecule has 0 aliphatic rings. The maximum atomic E-state index is 12.5. The molecular weight excluding hydrogens is 424 g/mol. The molecule has 7 nitrogen and oxygen atoms in total. The zero-order valence-electron chi connectivity index (χ0n) is 16.6. The van der Waals surface area contributed by atoms with Crippen LogP contribution in [0.2, 0.25) is 5.02 Å². The van der Waals surface area contributed by atoms with Gasteiger partial charge in [0.05, 0.1) is 5.75 Å². The largest absolute Gasteiger partial charge is 0.411 e. The fourth-order valence-corrected chi connectivity index (χ4v) is 3.51. The summed E-state index contributed by atoms with van der Waals surface area (Å²) in [7, 11) is 0. The van der Waals surface area contributed by atoms with Crippen LogP contribution in [0.3, 0.4) is 0 Å². The minimum absolute atomic E-state index is 0.0649. The summed E-state index contributed by atoms with van der Waals surface area (Å²) in [4.78, 5) is 26.5. The monoisotopic (exact) mass is 444 g/mol. The van der Waals surface area contributed by atoms with Crippen molar-refractivity contribution in [2.75, 3.05) is 24.2 Å². The third kappa shape index (κ3) is 5.61. The van der Waals surface area contributed by atoms with Crippen molar-refractivity contribution in [3.63, 3.8) is 0 Å². The molecule has 0 saturated carbocycles. The third-order valence-electron chi connectivity index (χ3n) is 4.25. The molecular formula is C21H21ClN4O3S. The van der Waals surface area contributed by atoms with Crippen molar-refractivity contribution in [1.82, 2.24) is 15.1 Å². The van der Waals surface area contributed by atoms with Crippen LogP contribution in [-0.2, 0) is 4.79 Å². The van der Waals surface area contributed by atoms with Crippen molar-refractivity contribution in [3.8, 4) is 11.5 Å². The Labute approximate surface area is 183 Å². The van der Waals surface area contributed by atoms with Crippen molar-refractivity contribution in [2.24, 2.45) is 0 Å². The lowest BCUT2D eigenvalue weighted by Crippen LogP contribution is -2.30. The molecule has 1 heterocycles. The molecule has 2 amide bonds. The highest BCUT2D eigenvalue weighted by atomic mass is 35.5. The second kappa shape index (κ2) is 10.3. The molecule has 0 fully saturated rings. The Morgan fingerprint density at radius 2 is 1.87 bits per heavy atom. The van der Waals surface area contributed by atoms with Gasteiger partial charge in [-0.15, -0.1) is 10.2 Å². The molecule has 1 aromatic heterocycles. The quantitative estimate of drug-likeness (QED) is 0.510. The Balaban J connectivity index is 1.58. The average molecular weight is 445 g/mol. The van der Waals surface area contributed by atoms with Gasteiger partial charge in [-0.25, -0.2) is 0 Å². The van der Waals surface area contributed by atoms with Gasteiger partial charge in [0.15, 0.2) is 0 Å². The average Bonchev–Trinajstić information content (AvgIpc) is 3.22. The van der Waals surface area contributed by atoms with E-state index in [1.165, 1.54) is 0 Å². The van der Waals surface area contributed by atoms with Gasteiger partial charge in [0.2, 0.25) is 11.8 Å². The van der Waals surface area contributed by atoms with Gasteiger partial charge in [0.1, 0.15) is 0 Å². The molecule has 1 N–H and O–H groups in total. The molecule has 3 aromatic rings. The summed E-state index contributed by atoms with van der Waals surface area (Å²) in [6, 6.07) is 14.0. The van der Waals surface area contributed by atoms with Crippen molar-refractivity contribution in [3.05, 3.63) is 59.1 Å². The van der Waals surface area contributed by atoms with Gasteiger partial charge in [-0.2, -0.15) is 0 Å². The van der Waals surface area contributed by atoms with E-state index in [2.05, 4.69) is 15.5 Å². The first kappa shape index (κ1) is 21.9. The maximum absolute atomic E-state index is 12.5. The van der Waals surface area contributed by atoms with E-state index in [4.69, 9.17) is 16.0 Å². The van der Waals surface area contributed by atoms with Gasteiger partial charge >= 0.3 is 0 Å². The number of amides is 2. The summed E-state index contributed by atoms with van der Waals surface area (Å²) in [5.41, 5.74) is 1.80. The first-order valence-electron chi connectivity index (χ1n) is 9.41. The van der Waals surface area contributed by atoms with E-state index in [1.54, 1.807) is 47.4 Å². The van der Waals surface area contributed by atoms with Crippen LogP contribution in [-0.4, -0.2) is 45.8 Å². The highest BCUT2D eigenvalue weighted by molar-refractivity contribution is 7.99. The number of rotatable bonds is 8. The molecule has 156 valence electrons. The van der Waals surface area contributed by atoms with E-state index in [0.717, 1.165) is 11.8 Å². The number of thioether (sulfide) groups is 1. The van der Waals surface area contributed by atoms with Crippen LogP contribution in [0.1, 0.15) is 24.2 Å². The van der Waals surface area contributed by atoms with Gasteiger partial charge in [0, 0.05) is 34.9 Å². The fraction of sp³-hybridized carbons (Fsp3) is 0.238. The Hall–Kier alpha value is -2.84. The number of anilines is 1. The molecule has 2 aromatic carbocycles. The van der Waals surface area contributed by atoms with E-state index >= 15 is 0 Å². The van der Waals surface area contributed by atoms with Crippen LogP contribution in [0.5, 0.6) is 0 Å². The molecule has 3 rings (SSSR count). The van der Waals surface area contributed by atoms with Crippen molar-refractivity contribution >= 4 is 40.9 Å². The van der Waals surface area contributed by atoms with Crippen LogP contribution < -0.4 is 5.32 Å². The Morgan fingerprint density at radius 1 is 1.10 bits per heavy atom. The first-order valence-corrected chi connectivity index (χ1v) is 10.8. The molecule has 0 atom stereocenters. The minimum Gasteiger partial charge on any atom is -0.411 e. The topological polar surface area (TPSA) is 88.3 Å². The summed E-state index contributed by atoms with van der Waals surface area (Å²) in [6.07, 6.45) is 0.